The number of halogens is 5. The van der Waals surface area contributed by atoms with Crippen LogP contribution < -0.4 is 4.74 Å². The van der Waals surface area contributed by atoms with Gasteiger partial charge in [0.25, 0.3) is 0 Å². The average Bonchev–Trinajstić information content (AvgIpc) is 1.38. The standard InChI is InChI=1S/C11H15F.C11H13N.C11H16O.C10H12Cl2.C10H13F.C9H12FN.2C9H13N/c1-8-7-9(11(2,3)4)5-6-10(8)12;1-11(2,3)10-6-4-5-9(7-10)8-12;1-11(2,3)9-6-5-7-10(8-9)12-4;1-10(2,3)7-4-5-8(11)9(12)6-7;1-10(2,3)8-5-4-6-9(11)7-8;1-9(2,3)7-4-5-11-6-8(7)10;1-9(2,3)8-4-6-10-7-5-8;1-9(2,3)8-6-4-5-7-10-8/h5-7H,1-4H3;4-7H,1-3H3;5-8H,1-4H3;4-6H,1-3H3;4-7H,1-3H3;4-6H,1-3H3;2*4-7H,1-3H3. The summed E-state index contributed by atoms with van der Waals surface area (Å²) < 4.78 is 43.8. The molecule has 0 aliphatic heterocycles. The van der Waals surface area contributed by atoms with Crippen molar-refractivity contribution in [1.82, 2.24) is 15.0 Å². The Labute approximate surface area is 553 Å². The Morgan fingerprint density at radius 2 is 0.844 bits per heavy atom. The molecule has 3 heterocycles. The maximum absolute atomic E-state index is 13.0. The van der Waals surface area contributed by atoms with Crippen LogP contribution in [0.15, 0.2) is 177 Å². The molecule has 0 saturated heterocycles. The van der Waals surface area contributed by atoms with E-state index in [9.17, 15) is 13.2 Å². The van der Waals surface area contributed by atoms with Gasteiger partial charge in [-0.25, -0.2) is 13.2 Å². The molecule has 488 valence electrons. The molecule has 0 unspecified atom stereocenters. The maximum Gasteiger partial charge on any atom is 0.145 e. The summed E-state index contributed by atoms with van der Waals surface area (Å²) in [4.78, 5) is 11.9. The highest BCUT2D eigenvalue weighted by Crippen LogP contribution is 2.31. The topological polar surface area (TPSA) is 71.7 Å². The zero-order chi connectivity index (χ0) is 69.3. The van der Waals surface area contributed by atoms with Gasteiger partial charge in [0.1, 0.15) is 23.2 Å². The van der Waals surface area contributed by atoms with Crippen molar-refractivity contribution in [2.24, 2.45) is 0 Å². The predicted octanol–water partition coefficient (Wildman–Crippen LogP) is 24.0. The van der Waals surface area contributed by atoms with E-state index in [0.29, 0.717) is 15.6 Å². The lowest BCUT2D eigenvalue weighted by molar-refractivity contribution is 0.412. The molecule has 0 amide bonds. The average molecular weight is 1270 g/mol. The van der Waals surface area contributed by atoms with Gasteiger partial charge in [-0.15, -0.1) is 0 Å². The molecule has 0 aliphatic rings. The van der Waals surface area contributed by atoms with Crippen molar-refractivity contribution in [2.45, 2.75) is 216 Å². The second-order valence-electron chi connectivity index (χ2n) is 30.3. The van der Waals surface area contributed by atoms with Gasteiger partial charge in [-0.05, 0) is 174 Å². The zero-order valence-corrected chi connectivity index (χ0v) is 60.8. The molecule has 0 atom stereocenters. The molecule has 5 nitrogen and oxygen atoms in total. The fraction of sp³-hybridized carbons (Fsp3) is 0.425. The highest BCUT2D eigenvalue weighted by molar-refractivity contribution is 6.42. The summed E-state index contributed by atoms with van der Waals surface area (Å²) in [6.07, 6.45) is 8.37. The molecule has 3 aromatic heterocycles. The minimum Gasteiger partial charge on any atom is -0.497 e. The Bertz CT molecular complexity index is 3300. The molecular weight excluding hydrogens is 1160 g/mol. The molecule has 5 aromatic carbocycles. The molecule has 0 fully saturated rings. The van der Waals surface area contributed by atoms with Crippen molar-refractivity contribution in [2.75, 3.05) is 7.11 Å². The first kappa shape index (κ1) is 81.2. The maximum atomic E-state index is 13.0. The Hall–Kier alpha value is -6.79. The largest absolute Gasteiger partial charge is 0.497 e. The van der Waals surface area contributed by atoms with E-state index in [4.69, 9.17) is 33.2 Å². The second kappa shape index (κ2) is 35.7. The Morgan fingerprint density at radius 1 is 0.389 bits per heavy atom. The molecule has 0 aliphatic carbocycles. The molecule has 0 N–H and O–H groups in total. The molecule has 8 rings (SSSR count). The van der Waals surface area contributed by atoms with Crippen LogP contribution in [0.3, 0.4) is 0 Å². The van der Waals surface area contributed by atoms with E-state index in [-0.39, 0.29) is 60.8 Å². The van der Waals surface area contributed by atoms with Crippen molar-refractivity contribution in [3.63, 3.8) is 0 Å². The highest BCUT2D eigenvalue weighted by atomic mass is 35.5. The van der Waals surface area contributed by atoms with Crippen molar-refractivity contribution in [3.05, 3.63) is 260 Å². The van der Waals surface area contributed by atoms with E-state index in [1.54, 1.807) is 38.4 Å². The minimum atomic E-state index is -0.222. The number of ether oxygens (including phenoxy) is 1. The van der Waals surface area contributed by atoms with E-state index in [0.717, 1.165) is 28.1 Å². The van der Waals surface area contributed by atoms with Crippen LogP contribution in [0.4, 0.5) is 13.2 Å². The van der Waals surface area contributed by atoms with Crippen molar-refractivity contribution < 1.29 is 17.9 Å². The van der Waals surface area contributed by atoms with Crippen LogP contribution >= 0.6 is 23.2 Å². The van der Waals surface area contributed by atoms with Crippen molar-refractivity contribution in [3.8, 4) is 11.8 Å². The molecule has 8 aromatic rings. The van der Waals surface area contributed by atoms with Gasteiger partial charge < -0.3 is 4.74 Å². The number of nitrogens with zero attached hydrogens (tertiary/aromatic N) is 4. The molecule has 90 heavy (non-hydrogen) atoms. The zero-order valence-electron chi connectivity index (χ0n) is 59.3. The van der Waals surface area contributed by atoms with Gasteiger partial charge in [0.15, 0.2) is 0 Å². The predicted molar refractivity (Wildman–Crippen MR) is 380 cm³/mol. The van der Waals surface area contributed by atoms with Crippen LogP contribution in [-0.2, 0) is 43.3 Å². The lowest BCUT2D eigenvalue weighted by atomic mass is 9.86. The van der Waals surface area contributed by atoms with Crippen LogP contribution in [0.1, 0.15) is 222 Å². The van der Waals surface area contributed by atoms with E-state index >= 15 is 0 Å². The van der Waals surface area contributed by atoms with Gasteiger partial charge in [0.05, 0.1) is 35.0 Å². The van der Waals surface area contributed by atoms with E-state index < -0.39 is 0 Å². The van der Waals surface area contributed by atoms with Gasteiger partial charge in [0, 0.05) is 35.9 Å². The third kappa shape index (κ3) is 31.8. The van der Waals surface area contributed by atoms with E-state index in [2.05, 4.69) is 203 Å². The first-order chi connectivity index (χ1) is 41.1. The molecule has 0 radical (unpaired) electrons. The monoisotopic (exact) mass is 1270 g/mol. The molecule has 10 heteroatoms. The number of hydrogen-bond acceptors (Lipinski definition) is 5. The summed E-state index contributed by atoms with van der Waals surface area (Å²) in [5.74, 6) is 0.433. The summed E-state index contributed by atoms with van der Waals surface area (Å²) in [6, 6.07) is 47.8. The smallest absolute Gasteiger partial charge is 0.145 e. The number of nitriles is 1. The lowest BCUT2D eigenvalue weighted by Crippen LogP contribution is -2.13. The summed E-state index contributed by atoms with van der Waals surface area (Å²) in [5, 5.41) is 9.92. The number of hydrogen-bond donors (Lipinski definition) is 0. The molecule has 0 spiro atoms. The Morgan fingerprint density at radius 3 is 1.22 bits per heavy atom. The Kier molecular flexibility index (Phi) is 32.2. The molecule has 0 bridgehead atoms. The highest BCUT2D eigenvalue weighted by Gasteiger charge is 2.20. The van der Waals surface area contributed by atoms with Gasteiger partial charge in [-0.1, -0.05) is 250 Å². The van der Waals surface area contributed by atoms with Crippen LogP contribution in [0.5, 0.6) is 5.75 Å². The van der Waals surface area contributed by atoms with Gasteiger partial charge >= 0.3 is 0 Å². The number of pyridine rings is 3. The fourth-order valence-corrected chi connectivity index (χ4v) is 8.11. The molecule has 0 saturated carbocycles. The van der Waals surface area contributed by atoms with Gasteiger partial charge in [0.2, 0.25) is 0 Å². The third-order valence-electron chi connectivity index (χ3n) is 13.9. The second-order valence-corrected chi connectivity index (χ2v) is 31.1. The van der Waals surface area contributed by atoms with Gasteiger partial charge in [-0.2, -0.15) is 5.26 Å². The van der Waals surface area contributed by atoms with Crippen LogP contribution in [0.25, 0.3) is 0 Å². The van der Waals surface area contributed by atoms with Gasteiger partial charge in [-0.3, -0.25) is 15.0 Å². The lowest BCUT2D eigenvalue weighted by Gasteiger charge is -2.19. The fourth-order valence-electron chi connectivity index (χ4n) is 7.82. The quantitative estimate of drug-likeness (QED) is 0.164. The van der Waals surface area contributed by atoms with Crippen LogP contribution in [0, 0.1) is 35.7 Å². The normalized spacial score (nSPS) is 11.5. The summed E-state index contributed by atoms with van der Waals surface area (Å²) in [7, 11) is 1.70. The summed E-state index contributed by atoms with van der Waals surface area (Å²) in [5.41, 5.74) is 11.5. The first-order valence-corrected chi connectivity index (χ1v) is 31.4. The minimum absolute atomic E-state index is 0.0437. The number of methoxy groups -OCH3 is 1. The molecular formula is C80H107Cl2F3N4O. The van der Waals surface area contributed by atoms with E-state index in [1.165, 1.54) is 46.1 Å². The van der Waals surface area contributed by atoms with Crippen molar-refractivity contribution >= 4 is 23.2 Å². The van der Waals surface area contributed by atoms with E-state index in [1.807, 2.05) is 118 Å². The number of aryl methyl sites for hydroxylation is 1. The number of benzene rings is 5. The summed E-state index contributed by atoms with van der Waals surface area (Å²) >= 11 is 11.7. The Balaban J connectivity index is 0.000000515. The number of aromatic nitrogens is 3. The van der Waals surface area contributed by atoms with Crippen LogP contribution in [-0.4, -0.2) is 22.1 Å². The third-order valence-corrected chi connectivity index (χ3v) is 14.6. The van der Waals surface area contributed by atoms with Crippen molar-refractivity contribution in [1.29, 1.82) is 5.26 Å². The number of rotatable bonds is 1. The summed E-state index contributed by atoms with van der Waals surface area (Å²) in [6.45, 7) is 52.8. The SMILES string of the molecule is CC(C)(C)c1ccc(Cl)c(Cl)c1.CC(C)(C)c1cccc(C#N)c1.CC(C)(C)c1cccc(F)c1.CC(C)(C)c1ccccn1.CC(C)(C)c1ccncc1.CC(C)(C)c1ccncc1F.COc1cccc(C(C)(C)C)c1.Cc1cc(C(C)(C)C)ccc1F. The van der Waals surface area contributed by atoms with Crippen LogP contribution in [0.2, 0.25) is 10.0 Å². The first-order valence-electron chi connectivity index (χ1n) is 30.7.